The van der Waals surface area contributed by atoms with Crippen LogP contribution in [0.4, 0.5) is 96.7 Å². The van der Waals surface area contributed by atoms with Gasteiger partial charge in [-0.2, -0.15) is 0 Å². The summed E-state index contributed by atoms with van der Waals surface area (Å²) in [6, 6.07) is 114. The van der Waals surface area contributed by atoms with E-state index in [9.17, 15) is 0 Å². The molecule has 0 saturated heterocycles. The van der Waals surface area contributed by atoms with Crippen molar-refractivity contribution in [3.05, 3.63) is 346 Å². The molecule has 10 heteroatoms. The Morgan fingerprint density at radius 2 is 0.794 bits per heavy atom. The molecule has 0 amide bonds. The van der Waals surface area contributed by atoms with E-state index in [0.29, 0.717) is 0 Å². The van der Waals surface area contributed by atoms with E-state index in [0.717, 1.165) is 119 Å². The van der Waals surface area contributed by atoms with Crippen LogP contribution in [0.2, 0.25) is 13.1 Å². The van der Waals surface area contributed by atoms with Gasteiger partial charge in [-0.15, -0.1) is 0 Å². The zero-order chi connectivity index (χ0) is 64.9. The van der Waals surface area contributed by atoms with Crippen molar-refractivity contribution < 1.29 is 4.74 Å². The highest BCUT2D eigenvalue weighted by Gasteiger charge is 2.50. The summed E-state index contributed by atoms with van der Waals surface area (Å²) in [7, 11) is -2.44. The van der Waals surface area contributed by atoms with E-state index in [1.54, 1.807) is 0 Å². The van der Waals surface area contributed by atoms with Crippen LogP contribution in [-0.4, -0.2) is 21.5 Å². The first-order valence-corrected chi connectivity index (χ1v) is 36.5. The fraction of sp³-hybridized carbons (Fsp3) is 0.0345. The lowest BCUT2D eigenvalue weighted by Gasteiger charge is -2.47. The number of allylic oxidation sites excluding steroid dienone is 5. The monoisotopic (exact) mass is 1260 g/mol. The molecule has 0 radical (unpaired) electrons. The number of nitrogens with zero attached hydrogens (tertiary/aromatic N) is 6. The fourth-order valence-electron chi connectivity index (χ4n) is 16.1. The van der Waals surface area contributed by atoms with Crippen LogP contribution in [0.3, 0.4) is 0 Å². The second-order valence-corrected chi connectivity index (χ2v) is 30.4. The Morgan fingerprint density at radius 3 is 1.34 bits per heavy atom. The lowest BCUT2D eigenvalue weighted by molar-refractivity contribution is 0.488. The molecular formula is C87H66B2N6OSi. The smallest absolute Gasteiger partial charge is 0.256 e. The van der Waals surface area contributed by atoms with Crippen molar-refractivity contribution in [1.82, 2.24) is 0 Å². The number of rotatable bonds is 12. The minimum absolute atomic E-state index is 0.194. The maximum atomic E-state index is 7.80. The normalized spacial score (nSPS) is 14.0. The second kappa shape index (κ2) is 23.2. The van der Waals surface area contributed by atoms with Crippen LogP contribution in [0.1, 0.15) is 6.92 Å². The van der Waals surface area contributed by atoms with Crippen LogP contribution in [0.15, 0.2) is 346 Å². The van der Waals surface area contributed by atoms with Gasteiger partial charge in [0.25, 0.3) is 13.4 Å². The standard InChI is InChI=1S/C87H66B2N6OSi/c1-5-6-14-33-60(2)90(61-34-15-7-16-35-61)69-54-81-87-83(55-69)96-82-59-78-85(97(3,4)84-51-32-31-50-75(84)93(78)65-42-23-11-24-43-65)57-73(82)89(87)72-56-71-76(58-77(72)95(81)67-46-27-13-28-47-67)94(66-44-25-12-26-45-66)80-53-68(91(62-36-17-8-18-37-62)63-38-19-9-20-39-63)52-79-86(80)88(71)70-48-29-30-49-74(70)92(79)64-40-21-10-22-41-64/h5-59H,1H2,2-4H3/b14-6-,60-33+. The Balaban J connectivity index is 0.961. The van der Waals surface area contributed by atoms with Gasteiger partial charge in [0.2, 0.25) is 0 Å². The molecular weight excluding hydrogens is 1190 g/mol. The summed E-state index contributed by atoms with van der Waals surface area (Å²) >= 11 is 0. The van der Waals surface area contributed by atoms with E-state index < -0.39 is 8.07 Å². The summed E-state index contributed by atoms with van der Waals surface area (Å²) in [5, 5.41) is 2.78. The maximum absolute atomic E-state index is 7.80. The third-order valence-electron chi connectivity index (χ3n) is 20.2. The fourth-order valence-corrected chi connectivity index (χ4v) is 19.1. The Bertz CT molecular complexity index is 5270. The first kappa shape index (κ1) is 57.7. The quantitative estimate of drug-likeness (QED) is 0.0889. The number of ether oxygens (including phenoxy) is 1. The lowest BCUT2D eigenvalue weighted by atomic mass is 9.30. The van der Waals surface area contributed by atoms with Crippen molar-refractivity contribution in [2.75, 3.05) is 29.4 Å². The molecule has 5 aliphatic heterocycles. The molecule has 0 aromatic heterocycles. The van der Waals surface area contributed by atoms with Crippen molar-refractivity contribution in [1.29, 1.82) is 0 Å². The molecule has 5 heterocycles. The van der Waals surface area contributed by atoms with E-state index in [-0.39, 0.29) is 13.4 Å². The molecule has 0 atom stereocenters. The molecule has 0 saturated carbocycles. The summed E-state index contributed by atoms with van der Waals surface area (Å²) in [5.41, 5.74) is 26.8. The Kier molecular flexibility index (Phi) is 13.8. The highest BCUT2D eigenvalue weighted by atomic mass is 28.3. The Hall–Kier alpha value is -12.0. The molecule has 0 aliphatic carbocycles. The average molecular weight is 1260 g/mol. The van der Waals surface area contributed by atoms with Gasteiger partial charge >= 0.3 is 0 Å². The average Bonchev–Trinajstić information content (AvgIpc) is 0.688. The highest BCUT2D eigenvalue weighted by molar-refractivity contribution is 7.05. The number of benzene rings is 13. The molecule has 97 heavy (non-hydrogen) atoms. The molecule has 18 rings (SSSR count). The van der Waals surface area contributed by atoms with Crippen LogP contribution < -0.4 is 77.3 Å². The van der Waals surface area contributed by atoms with Crippen molar-refractivity contribution in [2.45, 2.75) is 20.0 Å². The van der Waals surface area contributed by atoms with Gasteiger partial charge in [0.05, 0.1) is 11.4 Å². The van der Waals surface area contributed by atoms with Crippen LogP contribution >= 0.6 is 0 Å². The molecule has 0 bridgehead atoms. The summed E-state index contributed by atoms with van der Waals surface area (Å²) in [6.45, 7) is 10.8. The van der Waals surface area contributed by atoms with E-state index in [2.05, 4.69) is 378 Å². The van der Waals surface area contributed by atoms with Gasteiger partial charge in [0.1, 0.15) is 19.6 Å². The van der Waals surface area contributed by atoms with E-state index in [1.165, 1.54) is 37.9 Å². The number of anilines is 17. The van der Waals surface area contributed by atoms with Gasteiger partial charge in [-0.1, -0.05) is 214 Å². The molecule has 7 nitrogen and oxygen atoms in total. The highest BCUT2D eigenvalue weighted by Crippen LogP contribution is 2.52. The van der Waals surface area contributed by atoms with Crippen molar-refractivity contribution in [3.8, 4) is 11.5 Å². The predicted molar refractivity (Wildman–Crippen MR) is 414 cm³/mol. The first-order valence-electron chi connectivity index (χ1n) is 33.5. The van der Waals surface area contributed by atoms with E-state index in [1.807, 2.05) is 12.2 Å². The number of hydrogen-bond acceptors (Lipinski definition) is 7. The molecule has 0 fully saturated rings. The van der Waals surface area contributed by atoms with Gasteiger partial charge in [0.15, 0.2) is 0 Å². The predicted octanol–water partition coefficient (Wildman–Crippen LogP) is 18.0. The van der Waals surface area contributed by atoms with Gasteiger partial charge in [0, 0.05) is 103 Å². The zero-order valence-corrected chi connectivity index (χ0v) is 55.2. The molecule has 460 valence electrons. The number of fused-ring (bicyclic) bond motifs is 10. The largest absolute Gasteiger partial charge is 0.458 e. The molecule has 13 aromatic rings. The van der Waals surface area contributed by atoms with Gasteiger partial charge in [-0.3, -0.25) is 0 Å². The third-order valence-corrected chi connectivity index (χ3v) is 23.8. The first-order chi connectivity index (χ1) is 47.8. The van der Waals surface area contributed by atoms with Crippen molar-refractivity contribution in [2.24, 2.45) is 0 Å². The molecule has 13 aromatic carbocycles. The molecule has 0 N–H and O–H groups in total. The van der Waals surface area contributed by atoms with Crippen LogP contribution in [0.5, 0.6) is 11.5 Å². The third kappa shape index (κ3) is 9.26. The summed E-state index contributed by atoms with van der Waals surface area (Å²) < 4.78 is 7.80. The van der Waals surface area contributed by atoms with Crippen LogP contribution in [0.25, 0.3) is 0 Å². The Labute approximate surface area is 569 Å². The summed E-state index contributed by atoms with van der Waals surface area (Å²) in [5.74, 6) is 1.67. The number of hydrogen-bond donors (Lipinski definition) is 0. The molecule has 0 spiro atoms. The van der Waals surface area contributed by atoms with Gasteiger partial charge < -0.3 is 34.1 Å². The molecule has 5 aliphatic rings. The van der Waals surface area contributed by atoms with Gasteiger partial charge in [-0.05, 0) is 177 Å². The maximum Gasteiger partial charge on any atom is 0.256 e. The number of para-hydroxylation sites is 9. The van der Waals surface area contributed by atoms with E-state index >= 15 is 0 Å². The second-order valence-electron chi connectivity index (χ2n) is 26.1. The van der Waals surface area contributed by atoms with Crippen LogP contribution in [-0.2, 0) is 0 Å². The van der Waals surface area contributed by atoms with E-state index in [4.69, 9.17) is 4.74 Å². The lowest BCUT2D eigenvalue weighted by Crippen LogP contribution is -2.65. The van der Waals surface area contributed by atoms with Crippen LogP contribution in [0, 0.1) is 0 Å². The minimum Gasteiger partial charge on any atom is -0.458 e. The zero-order valence-electron chi connectivity index (χ0n) is 54.2. The minimum atomic E-state index is -2.44. The van der Waals surface area contributed by atoms with Gasteiger partial charge in [-0.25, -0.2) is 0 Å². The summed E-state index contributed by atoms with van der Waals surface area (Å²) in [6.07, 6.45) is 8.04. The summed E-state index contributed by atoms with van der Waals surface area (Å²) in [4.78, 5) is 14.9. The van der Waals surface area contributed by atoms with Crippen molar-refractivity contribution in [3.63, 3.8) is 0 Å². The SMILES string of the molecule is C=C/C=C\C=C(/C)N(c1ccccc1)c1cc2c3c(c1)N(c1ccccc1)c1cc4c(cc1B3c1cc3c(cc1O2)N(c1ccccc1)c1ccccc1[Si]3(C)C)B1c2ccccc2N(c2ccccc2)c2cc(N(c3ccccc3)c3ccccc3)cc(c21)N4c1ccccc1. The topological polar surface area (TPSA) is 28.7 Å². The molecule has 0 unspecified atom stereocenters. The Morgan fingerprint density at radius 1 is 0.351 bits per heavy atom. The van der Waals surface area contributed by atoms with Crippen molar-refractivity contribution >= 4 is 161 Å².